The van der Waals surface area contributed by atoms with E-state index < -0.39 is 0 Å². The fourth-order valence-electron chi connectivity index (χ4n) is 2.47. The predicted molar refractivity (Wildman–Crippen MR) is 93.6 cm³/mol. The standard InChI is InChI=1S/C15H17BrN2O2S2/c1-2-18(6-10-3-4-20-7-10)15(19)12-9-22-14(17-12)13-5-11(16)8-21-13/h5,8-10H,2-4,6-7H2,1H3. The van der Waals surface area contributed by atoms with Gasteiger partial charge in [-0.15, -0.1) is 22.7 Å². The number of thiophene rings is 1. The number of rotatable bonds is 5. The topological polar surface area (TPSA) is 42.4 Å². The van der Waals surface area contributed by atoms with Crippen LogP contribution in [0.25, 0.3) is 9.88 Å². The second kappa shape index (κ2) is 7.21. The molecule has 118 valence electrons. The van der Waals surface area contributed by atoms with Gasteiger partial charge in [-0.1, -0.05) is 0 Å². The summed E-state index contributed by atoms with van der Waals surface area (Å²) in [5.74, 6) is 0.475. The Hall–Kier alpha value is -0.760. The molecule has 7 heteroatoms. The summed E-state index contributed by atoms with van der Waals surface area (Å²) in [6, 6.07) is 2.03. The molecule has 3 heterocycles. The van der Waals surface area contributed by atoms with Gasteiger partial charge in [0, 0.05) is 40.8 Å². The number of hydrogen-bond donors (Lipinski definition) is 0. The largest absolute Gasteiger partial charge is 0.381 e. The first-order chi connectivity index (χ1) is 10.7. The van der Waals surface area contributed by atoms with Gasteiger partial charge in [-0.2, -0.15) is 0 Å². The first-order valence-electron chi connectivity index (χ1n) is 7.24. The predicted octanol–water partition coefficient (Wildman–Crippen LogP) is 4.13. The van der Waals surface area contributed by atoms with E-state index in [2.05, 4.69) is 20.9 Å². The summed E-state index contributed by atoms with van der Waals surface area (Å²) in [5.41, 5.74) is 0.547. The molecule has 3 rings (SSSR count). The highest BCUT2D eigenvalue weighted by molar-refractivity contribution is 9.10. The lowest BCUT2D eigenvalue weighted by Gasteiger charge is -2.22. The van der Waals surface area contributed by atoms with E-state index in [1.165, 1.54) is 11.3 Å². The number of ether oxygens (including phenoxy) is 1. The molecular weight excluding hydrogens is 384 g/mol. The number of carbonyl (C=O) groups excluding carboxylic acids is 1. The molecule has 2 aromatic rings. The van der Waals surface area contributed by atoms with Crippen LogP contribution in [0.1, 0.15) is 23.8 Å². The Balaban J connectivity index is 1.71. The summed E-state index contributed by atoms with van der Waals surface area (Å²) in [7, 11) is 0. The summed E-state index contributed by atoms with van der Waals surface area (Å²) in [6.07, 6.45) is 1.04. The van der Waals surface area contributed by atoms with Crippen LogP contribution in [-0.2, 0) is 4.74 Å². The molecule has 2 aromatic heterocycles. The summed E-state index contributed by atoms with van der Waals surface area (Å²) in [5, 5.41) is 4.79. The summed E-state index contributed by atoms with van der Waals surface area (Å²) < 4.78 is 6.45. The molecule has 1 saturated heterocycles. The minimum atomic E-state index is 0.0209. The zero-order chi connectivity index (χ0) is 15.5. The van der Waals surface area contributed by atoms with Crippen molar-refractivity contribution in [3.8, 4) is 9.88 Å². The van der Waals surface area contributed by atoms with E-state index >= 15 is 0 Å². The molecule has 1 aliphatic heterocycles. The monoisotopic (exact) mass is 400 g/mol. The SMILES string of the molecule is CCN(CC1CCOC1)C(=O)c1csc(-c2cc(Br)cs2)n1. The summed E-state index contributed by atoms with van der Waals surface area (Å²) in [6.45, 7) is 5.04. The van der Waals surface area contributed by atoms with Gasteiger partial charge in [0.05, 0.1) is 11.5 Å². The van der Waals surface area contributed by atoms with E-state index in [0.29, 0.717) is 18.2 Å². The normalized spacial score (nSPS) is 17.8. The van der Waals surface area contributed by atoms with Gasteiger partial charge < -0.3 is 9.64 Å². The van der Waals surface area contributed by atoms with Crippen LogP contribution in [0.15, 0.2) is 21.3 Å². The Morgan fingerprint density at radius 1 is 1.50 bits per heavy atom. The van der Waals surface area contributed by atoms with Crippen molar-refractivity contribution < 1.29 is 9.53 Å². The second-order valence-electron chi connectivity index (χ2n) is 5.24. The van der Waals surface area contributed by atoms with Crippen LogP contribution in [-0.4, -0.2) is 42.1 Å². The third-order valence-corrected chi connectivity index (χ3v) is 6.38. The lowest BCUT2D eigenvalue weighted by atomic mass is 10.1. The molecule has 1 unspecified atom stereocenters. The van der Waals surface area contributed by atoms with Crippen LogP contribution in [0.2, 0.25) is 0 Å². The molecule has 0 spiro atoms. The smallest absolute Gasteiger partial charge is 0.273 e. The van der Waals surface area contributed by atoms with Gasteiger partial charge in [0.15, 0.2) is 0 Å². The van der Waals surface area contributed by atoms with Crippen molar-refractivity contribution in [3.63, 3.8) is 0 Å². The molecular formula is C15H17BrN2O2S2. The quantitative estimate of drug-likeness (QED) is 0.757. The highest BCUT2D eigenvalue weighted by atomic mass is 79.9. The van der Waals surface area contributed by atoms with Crippen molar-refractivity contribution in [2.24, 2.45) is 5.92 Å². The molecule has 0 N–H and O–H groups in total. The molecule has 0 bridgehead atoms. The zero-order valence-corrected chi connectivity index (χ0v) is 15.5. The Morgan fingerprint density at radius 2 is 2.36 bits per heavy atom. The Morgan fingerprint density at radius 3 is 3.00 bits per heavy atom. The number of halogens is 1. The summed E-state index contributed by atoms with van der Waals surface area (Å²) in [4.78, 5) is 20.1. The van der Waals surface area contributed by atoms with Crippen molar-refractivity contribution in [2.75, 3.05) is 26.3 Å². The third kappa shape index (κ3) is 3.59. The second-order valence-corrected chi connectivity index (χ2v) is 7.93. The number of nitrogens with zero attached hydrogens (tertiary/aromatic N) is 2. The highest BCUT2D eigenvalue weighted by Gasteiger charge is 2.24. The van der Waals surface area contributed by atoms with Crippen LogP contribution in [0, 0.1) is 5.92 Å². The zero-order valence-electron chi connectivity index (χ0n) is 12.3. The van der Waals surface area contributed by atoms with E-state index in [1.807, 2.05) is 28.7 Å². The average Bonchev–Trinajstić information content (AvgIpc) is 3.25. The molecule has 0 aliphatic carbocycles. The Labute approximate surface area is 146 Å². The van der Waals surface area contributed by atoms with Gasteiger partial charge >= 0.3 is 0 Å². The van der Waals surface area contributed by atoms with Crippen molar-refractivity contribution in [2.45, 2.75) is 13.3 Å². The molecule has 22 heavy (non-hydrogen) atoms. The number of hydrogen-bond acceptors (Lipinski definition) is 5. The van der Waals surface area contributed by atoms with Crippen LogP contribution in [0.5, 0.6) is 0 Å². The lowest BCUT2D eigenvalue weighted by Crippen LogP contribution is -2.35. The first-order valence-corrected chi connectivity index (χ1v) is 9.79. The van der Waals surface area contributed by atoms with Crippen LogP contribution in [0.4, 0.5) is 0 Å². The Bertz CT molecular complexity index is 650. The average molecular weight is 401 g/mol. The van der Waals surface area contributed by atoms with Crippen LogP contribution in [0.3, 0.4) is 0 Å². The van der Waals surface area contributed by atoms with Gasteiger partial charge in [-0.05, 0) is 35.3 Å². The maximum absolute atomic E-state index is 12.6. The van der Waals surface area contributed by atoms with Gasteiger partial charge in [0.25, 0.3) is 5.91 Å². The number of aromatic nitrogens is 1. The van der Waals surface area contributed by atoms with Crippen LogP contribution < -0.4 is 0 Å². The molecule has 4 nitrogen and oxygen atoms in total. The van der Waals surface area contributed by atoms with E-state index in [1.54, 1.807) is 11.3 Å². The van der Waals surface area contributed by atoms with Crippen molar-refractivity contribution in [3.05, 3.63) is 27.0 Å². The molecule has 1 fully saturated rings. The molecule has 0 aromatic carbocycles. The van der Waals surface area contributed by atoms with Gasteiger partial charge in [0.2, 0.25) is 0 Å². The van der Waals surface area contributed by atoms with Crippen molar-refractivity contribution >= 4 is 44.5 Å². The maximum Gasteiger partial charge on any atom is 0.273 e. The first kappa shape index (κ1) is 16.1. The fraction of sp³-hybridized carbons (Fsp3) is 0.467. The van der Waals surface area contributed by atoms with Crippen molar-refractivity contribution in [1.82, 2.24) is 9.88 Å². The number of carbonyl (C=O) groups is 1. The molecule has 0 radical (unpaired) electrons. The Kier molecular flexibility index (Phi) is 5.28. The van der Waals surface area contributed by atoms with E-state index in [4.69, 9.17) is 4.74 Å². The number of amides is 1. The molecule has 0 saturated carbocycles. The van der Waals surface area contributed by atoms with E-state index in [9.17, 15) is 4.79 Å². The van der Waals surface area contributed by atoms with E-state index in [-0.39, 0.29) is 5.91 Å². The maximum atomic E-state index is 12.6. The number of thiazole rings is 1. The van der Waals surface area contributed by atoms with Gasteiger partial charge in [0.1, 0.15) is 10.7 Å². The molecule has 1 atom stereocenters. The fourth-order valence-corrected chi connectivity index (χ4v) is 4.77. The van der Waals surface area contributed by atoms with Crippen molar-refractivity contribution in [1.29, 1.82) is 0 Å². The van der Waals surface area contributed by atoms with Gasteiger partial charge in [-0.25, -0.2) is 4.98 Å². The minimum absolute atomic E-state index is 0.0209. The third-order valence-electron chi connectivity index (χ3n) is 3.67. The highest BCUT2D eigenvalue weighted by Crippen LogP contribution is 2.32. The van der Waals surface area contributed by atoms with Crippen LogP contribution >= 0.6 is 38.6 Å². The lowest BCUT2D eigenvalue weighted by molar-refractivity contribution is 0.0726. The van der Waals surface area contributed by atoms with Gasteiger partial charge in [-0.3, -0.25) is 4.79 Å². The minimum Gasteiger partial charge on any atom is -0.381 e. The summed E-state index contributed by atoms with van der Waals surface area (Å²) >= 11 is 6.60. The molecule has 1 amide bonds. The van der Waals surface area contributed by atoms with E-state index in [0.717, 1.165) is 40.5 Å². The molecule has 1 aliphatic rings.